The fourth-order valence-electron chi connectivity index (χ4n) is 3.00. The van der Waals surface area contributed by atoms with Gasteiger partial charge in [0.15, 0.2) is 0 Å². The molecular formula is C19H19BrN2O3. The highest BCUT2D eigenvalue weighted by molar-refractivity contribution is 9.10. The lowest BCUT2D eigenvalue weighted by atomic mass is 9.64. The maximum atomic E-state index is 12.9. The summed E-state index contributed by atoms with van der Waals surface area (Å²) in [5.74, 6) is 0.00903. The lowest BCUT2D eigenvalue weighted by Crippen LogP contribution is -2.45. The number of hydrogen-bond acceptors (Lipinski definition) is 3. The molecule has 0 radical (unpaired) electrons. The van der Waals surface area contributed by atoms with Gasteiger partial charge in [-0.3, -0.25) is 10.1 Å². The van der Waals surface area contributed by atoms with Crippen LogP contribution in [0.5, 0.6) is 0 Å². The smallest absolute Gasteiger partial charge is 0.411 e. The van der Waals surface area contributed by atoms with Crippen LogP contribution in [0.2, 0.25) is 0 Å². The second-order valence-corrected chi connectivity index (χ2v) is 7.01. The Morgan fingerprint density at radius 1 is 0.960 bits per heavy atom. The Balaban J connectivity index is 1.72. The Hall–Kier alpha value is -2.34. The van der Waals surface area contributed by atoms with Crippen molar-refractivity contribution >= 4 is 39.3 Å². The first kappa shape index (κ1) is 17.5. The molecule has 25 heavy (non-hydrogen) atoms. The number of ether oxygens (including phenoxy) is 1. The lowest BCUT2D eigenvalue weighted by Gasteiger charge is -2.40. The minimum Gasteiger partial charge on any atom is -0.453 e. The van der Waals surface area contributed by atoms with Crippen molar-refractivity contribution < 1.29 is 14.3 Å². The zero-order valence-electron chi connectivity index (χ0n) is 13.8. The number of hydrogen-bond donors (Lipinski definition) is 2. The molecule has 0 aliphatic heterocycles. The second-order valence-electron chi connectivity index (χ2n) is 6.09. The van der Waals surface area contributed by atoms with Crippen molar-refractivity contribution in [2.45, 2.75) is 24.7 Å². The summed E-state index contributed by atoms with van der Waals surface area (Å²) >= 11 is 3.43. The topological polar surface area (TPSA) is 67.4 Å². The number of rotatable bonds is 4. The van der Waals surface area contributed by atoms with Gasteiger partial charge in [0.05, 0.1) is 12.5 Å². The summed E-state index contributed by atoms with van der Waals surface area (Å²) in [5, 5.41) is 5.58. The molecule has 0 bridgehead atoms. The maximum Gasteiger partial charge on any atom is 0.411 e. The van der Waals surface area contributed by atoms with Gasteiger partial charge < -0.3 is 10.1 Å². The van der Waals surface area contributed by atoms with Crippen LogP contribution in [0.1, 0.15) is 24.8 Å². The van der Waals surface area contributed by atoms with Gasteiger partial charge in [-0.05, 0) is 54.8 Å². The number of anilines is 2. The van der Waals surface area contributed by atoms with E-state index in [9.17, 15) is 9.59 Å². The molecule has 1 aliphatic carbocycles. The van der Waals surface area contributed by atoms with Crippen molar-refractivity contribution in [3.8, 4) is 0 Å². The van der Waals surface area contributed by atoms with E-state index in [1.807, 2.05) is 24.3 Å². The molecule has 2 aromatic rings. The van der Waals surface area contributed by atoms with Crippen LogP contribution in [0.15, 0.2) is 53.0 Å². The third-order valence-corrected chi connectivity index (χ3v) is 5.14. The quantitative estimate of drug-likeness (QED) is 0.779. The molecule has 1 aliphatic rings. The predicted octanol–water partition coefficient (Wildman–Crippen LogP) is 4.69. The average Bonchev–Trinajstić information content (AvgIpc) is 2.57. The normalized spacial score (nSPS) is 15.0. The monoisotopic (exact) mass is 402 g/mol. The van der Waals surface area contributed by atoms with Crippen LogP contribution < -0.4 is 10.6 Å². The van der Waals surface area contributed by atoms with Gasteiger partial charge in [-0.15, -0.1) is 0 Å². The third kappa shape index (κ3) is 3.69. The predicted molar refractivity (Wildman–Crippen MR) is 101 cm³/mol. The Labute approximate surface area is 154 Å². The van der Waals surface area contributed by atoms with E-state index in [-0.39, 0.29) is 5.91 Å². The fraction of sp³-hybridized carbons (Fsp3) is 0.263. The van der Waals surface area contributed by atoms with Crippen LogP contribution in [0, 0.1) is 0 Å². The van der Waals surface area contributed by atoms with Crippen molar-refractivity contribution in [1.82, 2.24) is 0 Å². The van der Waals surface area contributed by atoms with Gasteiger partial charge in [0.1, 0.15) is 0 Å². The first-order chi connectivity index (χ1) is 12.0. The van der Waals surface area contributed by atoms with Crippen LogP contribution in [0.25, 0.3) is 0 Å². The molecular weight excluding hydrogens is 384 g/mol. The summed E-state index contributed by atoms with van der Waals surface area (Å²) in [4.78, 5) is 24.1. The van der Waals surface area contributed by atoms with Gasteiger partial charge in [0, 0.05) is 15.8 Å². The Morgan fingerprint density at radius 3 is 2.00 bits per heavy atom. The number of carbonyl (C=O) groups excluding carboxylic acids is 2. The van der Waals surface area contributed by atoms with Crippen molar-refractivity contribution in [2.24, 2.45) is 0 Å². The third-order valence-electron chi connectivity index (χ3n) is 4.61. The van der Waals surface area contributed by atoms with Gasteiger partial charge in [-0.2, -0.15) is 0 Å². The molecule has 5 nitrogen and oxygen atoms in total. The van der Waals surface area contributed by atoms with E-state index in [0.717, 1.165) is 29.3 Å². The van der Waals surface area contributed by atoms with Gasteiger partial charge >= 0.3 is 6.09 Å². The molecule has 3 rings (SSSR count). The molecule has 0 spiro atoms. The first-order valence-corrected chi connectivity index (χ1v) is 8.85. The average molecular weight is 403 g/mol. The molecule has 0 unspecified atom stereocenters. The highest BCUT2D eigenvalue weighted by Gasteiger charge is 2.45. The van der Waals surface area contributed by atoms with Crippen molar-refractivity contribution in [3.63, 3.8) is 0 Å². The van der Waals surface area contributed by atoms with E-state index in [0.29, 0.717) is 11.4 Å². The number of benzene rings is 2. The highest BCUT2D eigenvalue weighted by atomic mass is 79.9. The summed E-state index contributed by atoms with van der Waals surface area (Å²) < 4.78 is 5.55. The molecule has 0 aromatic heterocycles. The summed E-state index contributed by atoms with van der Waals surface area (Å²) in [6, 6.07) is 14.9. The fourth-order valence-corrected chi connectivity index (χ4v) is 3.27. The Kier molecular flexibility index (Phi) is 5.08. The first-order valence-electron chi connectivity index (χ1n) is 8.06. The molecule has 6 heteroatoms. The number of amides is 2. The van der Waals surface area contributed by atoms with Crippen LogP contribution >= 0.6 is 15.9 Å². The molecule has 1 fully saturated rings. The van der Waals surface area contributed by atoms with Gasteiger partial charge in [-0.1, -0.05) is 34.5 Å². The van der Waals surface area contributed by atoms with Crippen LogP contribution in [-0.4, -0.2) is 19.1 Å². The molecule has 2 aromatic carbocycles. The zero-order valence-corrected chi connectivity index (χ0v) is 15.4. The van der Waals surface area contributed by atoms with E-state index in [1.165, 1.54) is 7.11 Å². The van der Waals surface area contributed by atoms with E-state index in [4.69, 9.17) is 0 Å². The van der Waals surface area contributed by atoms with E-state index < -0.39 is 11.5 Å². The van der Waals surface area contributed by atoms with E-state index >= 15 is 0 Å². The minimum absolute atomic E-state index is 0.00903. The highest BCUT2D eigenvalue weighted by Crippen LogP contribution is 2.44. The van der Waals surface area contributed by atoms with E-state index in [2.05, 4.69) is 31.3 Å². The molecule has 0 atom stereocenters. The Morgan fingerprint density at radius 2 is 1.52 bits per heavy atom. The van der Waals surface area contributed by atoms with Crippen LogP contribution in [0.3, 0.4) is 0 Å². The second kappa shape index (κ2) is 7.27. The van der Waals surface area contributed by atoms with Crippen molar-refractivity contribution in [3.05, 3.63) is 58.6 Å². The zero-order chi connectivity index (χ0) is 17.9. The molecule has 2 N–H and O–H groups in total. The molecule has 0 saturated heterocycles. The largest absolute Gasteiger partial charge is 0.453 e. The maximum absolute atomic E-state index is 12.9. The van der Waals surface area contributed by atoms with Crippen molar-refractivity contribution in [2.75, 3.05) is 17.7 Å². The lowest BCUT2D eigenvalue weighted by molar-refractivity contribution is -0.124. The van der Waals surface area contributed by atoms with Crippen LogP contribution in [0.4, 0.5) is 16.2 Å². The van der Waals surface area contributed by atoms with Crippen LogP contribution in [-0.2, 0) is 14.9 Å². The summed E-state index contributed by atoms with van der Waals surface area (Å²) in [5.41, 5.74) is 1.90. The molecule has 1 saturated carbocycles. The summed E-state index contributed by atoms with van der Waals surface area (Å²) in [6.07, 6.45) is 2.22. The number of carbonyl (C=O) groups is 2. The van der Waals surface area contributed by atoms with Gasteiger partial charge in [0.25, 0.3) is 0 Å². The molecule has 0 heterocycles. The molecule has 2 amide bonds. The van der Waals surface area contributed by atoms with Gasteiger partial charge in [-0.25, -0.2) is 4.79 Å². The number of halogens is 1. The SMILES string of the molecule is COC(=O)Nc1ccc(NC(=O)C2(c3ccc(Br)cc3)CCC2)cc1. The summed E-state index contributed by atoms with van der Waals surface area (Å²) in [7, 11) is 1.31. The van der Waals surface area contributed by atoms with Crippen molar-refractivity contribution in [1.29, 1.82) is 0 Å². The van der Waals surface area contributed by atoms with E-state index in [1.54, 1.807) is 24.3 Å². The summed E-state index contributed by atoms with van der Waals surface area (Å²) in [6.45, 7) is 0. The minimum atomic E-state index is -0.527. The number of nitrogens with one attached hydrogen (secondary N) is 2. The van der Waals surface area contributed by atoms with Gasteiger partial charge in [0.2, 0.25) is 5.91 Å². The number of methoxy groups -OCH3 is 1. The standard InChI is InChI=1S/C19H19BrN2O3/c1-25-18(24)22-16-9-7-15(8-10-16)21-17(23)19(11-2-12-19)13-3-5-14(20)6-4-13/h3-10H,2,11-12H2,1H3,(H,21,23)(H,22,24). The Bertz CT molecular complexity index is 768. The molecule has 130 valence electrons.